The van der Waals surface area contributed by atoms with E-state index in [9.17, 15) is 25.3 Å². The van der Waals surface area contributed by atoms with Crippen molar-refractivity contribution in [2.24, 2.45) is 0 Å². The average molecular weight is 271 g/mol. The fraction of sp³-hybridized carbons (Fsp3) is 0.400. The Hall–Kier alpha value is -1.67. The molecule has 0 heterocycles. The Morgan fingerprint density at radius 1 is 1.06 bits per heavy atom. The molecular formula is C10H11N2O5S. The van der Waals surface area contributed by atoms with Crippen molar-refractivity contribution in [1.29, 1.82) is 0 Å². The zero-order valence-corrected chi connectivity index (χ0v) is 10.2. The van der Waals surface area contributed by atoms with Gasteiger partial charge in [-0.15, -0.1) is 11.8 Å². The number of rotatable bonds is 7. The summed E-state index contributed by atoms with van der Waals surface area (Å²) in [6.07, 6.45) is 1.28. The molecule has 97 valence electrons. The Morgan fingerprint density at radius 3 is 2.28 bits per heavy atom. The monoisotopic (exact) mass is 271 g/mol. The molecule has 0 aliphatic carbocycles. The molecular weight excluding hydrogens is 260 g/mol. The third-order valence-electron chi connectivity index (χ3n) is 2.15. The maximum atomic E-state index is 10.7. The minimum absolute atomic E-state index is 0.138. The quantitative estimate of drug-likeness (QED) is 0.328. The highest BCUT2D eigenvalue weighted by Gasteiger charge is 2.23. The molecule has 0 aliphatic heterocycles. The summed E-state index contributed by atoms with van der Waals surface area (Å²) < 4.78 is 0. The van der Waals surface area contributed by atoms with Gasteiger partial charge in [-0.1, -0.05) is 0 Å². The maximum absolute atomic E-state index is 10.7. The normalized spacial score (nSPS) is 10.3. The lowest BCUT2D eigenvalue weighted by atomic mass is 10.3. The van der Waals surface area contributed by atoms with E-state index in [2.05, 4.69) is 0 Å². The van der Waals surface area contributed by atoms with Gasteiger partial charge in [0.2, 0.25) is 0 Å². The van der Waals surface area contributed by atoms with Gasteiger partial charge >= 0.3 is 11.4 Å². The van der Waals surface area contributed by atoms with Gasteiger partial charge in [0.25, 0.3) is 0 Å². The van der Waals surface area contributed by atoms with Crippen LogP contribution >= 0.6 is 11.8 Å². The SMILES string of the molecule is [O]CCCCSc1ccc([N+](=O)[O-])c([N+](=O)[O-])c1. The standard InChI is InChI=1S/C10H11N2O5S/c13-5-1-2-6-18-8-3-4-9(11(14)15)10(7-8)12(16)17/h3-4,7H,1-2,5-6H2. The molecule has 1 aromatic carbocycles. The van der Waals surface area contributed by atoms with Crippen LogP contribution in [0.4, 0.5) is 11.4 Å². The topological polar surface area (TPSA) is 106 Å². The number of nitro groups is 2. The van der Waals surface area contributed by atoms with Crippen molar-refractivity contribution in [3.05, 3.63) is 38.4 Å². The average Bonchev–Trinajstić information content (AvgIpc) is 2.34. The van der Waals surface area contributed by atoms with Crippen LogP contribution in [0.25, 0.3) is 0 Å². The smallest absolute Gasteiger partial charge is 0.258 e. The molecule has 0 saturated carbocycles. The van der Waals surface area contributed by atoms with Crippen LogP contribution < -0.4 is 0 Å². The molecule has 0 amide bonds. The molecule has 0 atom stereocenters. The van der Waals surface area contributed by atoms with Crippen LogP contribution in [0, 0.1) is 20.2 Å². The van der Waals surface area contributed by atoms with Crippen molar-refractivity contribution in [3.8, 4) is 0 Å². The van der Waals surface area contributed by atoms with Crippen molar-refractivity contribution in [2.45, 2.75) is 17.7 Å². The lowest BCUT2D eigenvalue weighted by molar-refractivity contribution is -0.422. The van der Waals surface area contributed by atoms with Crippen molar-refractivity contribution >= 4 is 23.1 Å². The van der Waals surface area contributed by atoms with Gasteiger partial charge in [0.15, 0.2) is 0 Å². The van der Waals surface area contributed by atoms with Gasteiger partial charge in [-0.3, -0.25) is 20.2 Å². The van der Waals surface area contributed by atoms with Crippen LogP contribution in [0.5, 0.6) is 0 Å². The van der Waals surface area contributed by atoms with Crippen LogP contribution in [-0.2, 0) is 5.11 Å². The summed E-state index contributed by atoms with van der Waals surface area (Å²) in [6.45, 7) is -0.138. The van der Waals surface area contributed by atoms with E-state index < -0.39 is 21.2 Å². The molecule has 8 heteroatoms. The highest BCUT2D eigenvalue weighted by Crippen LogP contribution is 2.31. The van der Waals surface area contributed by atoms with Gasteiger partial charge in [-0.25, -0.2) is 5.11 Å². The predicted molar refractivity (Wildman–Crippen MR) is 65.3 cm³/mol. The number of benzene rings is 1. The minimum Gasteiger partial charge on any atom is -0.258 e. The summed E-state index contributed by atoms with van der Waals surface area (Å²) in [4.78, 5) is 20.4. The Balaban J connectivity index is 2.80. The second-order valence-electron chi connectivity index (χ2n) is 3.42. The highest BCUT2D eigenvalue weighted by molar-refractivity contribution is 7.99. The van der Waals surface area contributed by atoms with Crippen LogP contribution in [0.3, 0.4) is 0 Å². The molecule has 0 aliphatic rings. The summed E-state index contributed by atoms with van der Waals surface area (Å²) in [6, 6.07) is 3.81. The number of unbranched alkanes of at least 4 members (excludes halogenated alkanes) is 1. The Morgan fingerprint density at radius 2 is 1.72 bits per heavy atom. The molecule has 7 nitrogen and oxygen atoms in total. The van der Waals surface area contributed by atoms with E-state index in [0.717, 1.165) is 12.5 Å². The fourth-order valence-electron chi connectivity index (χ4n) is 1.29. The van der Waals surface area contributed by atoms with E-state index in [1.807, 2.05) is 0 Å². The molecule has 0 aromatic heterocycles. The number of thioether (sulfide) groups is 1. The van der Waals surface area contributed by atoms with Gasteiger partial charge in [0.05, 0.1) is 16.5 Å². The van der Waals surface area contributed by atoms with Gasteiger partial charge < -0.3 is 0 Å². The molecule has 18 heavy (non-hydrogen) atoms. The zero-order valence-electron chi connectivity index (χ0n) is 9.40. The van der Waals surface area contributed by atoms with Crippen LogP contribution in [-0.4, -0.2) is 22.2 Å². The first kappa shape index (κ1) is 14.4. The number of hydrogen-bond donors (Lipinski definition) is 0. The Labute approximate surface area is 107 Å². The molecule has 0 N–H and O–H groups in total. The van der Waals surface area contributed by atoms with Gasteiger partial charge in [0.1, 0.15) is 0 Å². The van der Waals surface area contributed by atoms with Crippen LogP contribution in [0.2, 0.25) is 0 Å². The van der Waals surface area contributed by atoms with Crippen LogP contribution in [0.15, 0.2) is 23.1 Å². The minimum atomic E-state index is -0.774. The molecule has 0 saturated heterocycles. The van der Waals surface area contributed by atoms with E-state index in [1.54, 1.807) is 0 Å². The molecule has 0 fully saturated rings. The largest absolute Gasteiger partial charge is 0.347 e. The summed E-state index contributed by atoms with van der Waals surface area (Å²) in [5.74, 6) is 0.664. The fourth-order valence-corrected chi connectivity index (χ4v) is 2.23. The third-order valence-corrected chi connectivity index (χ3v) is 3.23. The zero-order chi connectivity index (χ0) is 13.5. The van der Waals surface area contributed by atoms with Gasteiger partial charge in [-0.05, 0) is 24.7 Å². The lowest BCUT2D eigenvalue weighted by Crippen LogP contribution is -1.96. The van der Waals surface area contributed by atoms with Gasteiger partial charge in [0, 0.05) is 17.0 Å². The molecule has 1 radical (unpaired) electrons. The Kier molecular flexibility index (Phi) is 5.53. The second kappa shape index (κ2) is 6.92. The van der Waals surface area contributed by atoms with E-state index in [0.29, 0.717) is 17.1 Å². The summed E-state index contributed by atoms with van der Waals surface area (Å²) in [5.41, 5.74) is -1.02. The van der Waals surface area contributed by atoms with Crippen molar-refractivity contribution in [3.63, 3.8) is 0 Å². The van der Waals surface area contributed by atoms with Crippen molar-refractivity contribution < 1.29 is 15.0 Å². The number of nitrogens with zero attached hydrogens (tertiary/aromatic N) is 2. The molecule has 0 unspecified atom stereocenters. The maximum Gasteiger partial charge on any atom is 0.347 e. The summed E-state index contributed by atoms with van der Waals surface area (Å²) >= 11 is 1.35. The van der Waals surface area contributed by atoms with Crippen molar-refractivity contribution in [1.82, 2.24) is 0 Å². The molecule has 0 spiro atoms. The molecule has 1 aromatic rings. The molecule has 0 bridgehead atoms. The predicted octanol–water partition coefficient (Wildman–Crippen LogP) is 2.81. The first-order valence-corrected chi connectivity index (χ1v) is 6.18. The van der Waals surface area contributed by atoms with Crippen LogP contribution in [0.1, 0.15) is 12.8 Å². The van der Waals surface area contributed by atoms with Crippen molar-refractivity contribution in [2.75, 3.05) is 12.4 Å². The van der Waals surface area contributed by atoms with E-state index in [1.165, 1.54) is 23.9 Å². The van der Waals surface area contributed by atoms with Gasteiger partial charge in [-0.2, -0.15) is 0 Å². The second-order valence-corrected chi connectivity index (χ2v) is 4.59. The number of nitro benzene ring substituents is 2. The van der Waals surface area contributed by atoms with E-state index in [4.69, 9.17) is 0 Å². The lowest BCUT2D eigenvalue weighted by Gasteiger charge is -2.01. The summed E-state index contributed by atoms with van der Waals surface area (Å²) in [7, 11) is 0. The summed E-state index contributed by atoms with van der Waals surface area (Å²) in [5, 5.41) is 31.5. The number of hydrogen-bond acceptors (Lipinski definition) is 5. The first-order chi connectivity index (χ1) is 8.56. The molecule has 1 rings (SSSR count). The third kappa shape index (κ3) is 3.97. The van der Waals surface area contributed by atoms with E-state index >= 15 is 0 Å². The van der Waals surface area contributed by atoms with E-state index in [-0.39, 0.29) is 6.61 Å². The Bertz CT molecular complexity index is 452. The highest BCUT2D eigenvalue weighted by atomic mass is 32.2. The first-order valence-electron chi connectivity index (χ1n) is 5.20.